The molecule has 0 nitrogen and oxygen atoms in total. The topological polar surface area (TPSA) is 0 Å². The molecule has 16 heavy (non-hydrogen) atoms. The van der Waals surface area contributed by atoms with Crippen molar-refractivity contribution in [3.63, 3.8) is 0 Å². The molecular weight excluding hydrogens is 192 g/mol. The predicted molar refractivity (Wildman–Crippen MR) is 78.0 cm³/mol. The van der Waals surface area contributed by atoms with E-state index in [9.17, 15) is 0 Å². The van der Waals surface area contributed by atoms with Gasteiger partial charge in [-0.25, -0.2) is 0 Å². The minimum absolute atomic E-state index is 0. The molecule has 1 rings (SSSR count). The van der Waals surface area contributed by atoms with Crippen LogP contribution < -0.4 is 0 Å². The van der Waals surface area contributed by atoms with E-state index < -0.39 is 0 Å². The summed E-state index contributed by atoms with van der Waals surface area (Å²) in [6.07, 6.45) is 10.0. The van der Waals surface area contributed by atoms with Crippen molar-refractivity contribution in [3.05, 3.63) is 0 Å². The lowest BCUT2D eigenvalue weighted by molar-refractivity contribution is 0.210. The van der Waals surface area contributed by atoms with Gasteiger partial charge >= 0.3 is 0 Å². The van der Waals surface area contributed by atoms with E-state index in [0.29, 0.717) is 10.8 Å². The van der Waals surface area contributed by atoms with Gasteiger partial charge in [0.25, 0.3) is 0 Å². The molecule has 1 aliphatic carbocycles. The zero-order valence-corrected chi connectivity index (χ0v) is 11.9. The minimum atomic E-state index is 0. The van der Waals surface area contributed by atoms with Crippen LogP contribution in [0.4, 0.5) is 0 Å². The largest absolute Gasteiger partial charge is 0.0776 e. The zero-order chi connectivity index (χ0) is 11.9. The van der Waals surface area contributed by atoms with Gasteiger partial charge in [0, 0.05) is 0 Å². The summed E-state index contributed by atoms with van der Waals surface area (Å²) in [5.74, 6) is 0. The lowest BCUT2D eigenvalue weighted by atomic mass is 9.75. The Balaban J connectivity index is 0. The maximum absolute atomic E-state index is 2.44. The van der Waals surface area contributed by atoms with Crippen LogP contribution in [0.3, 0.4) is 0 Å². The van der Waals surface area contributed by atoms with Crippen molar-refractivity contribution in [2.45, 2.75) is 93.9 Å². The van der Waals surface area contributed by atoms with Crippen LogP contribution in [-0.4, -0.2) is 0 Å². The van der Waals surface area contributed by atoms with Crippen LogP contribution in [0.5, 0.6) is 0 Å². The summed E-state index contributed by atoms with van der Waals surface area (Å²) in [6.45, 7) is 13.6. The highest BCUT2D eigenvalue weighted by atomic mass is 14.4. The van der Waals surface area contributed by atoms with E-state index in [4.69, 9.17) is 0 Å². The molecule has 1 saturated carbocycles. The van der Waals surface area contributed by atoms with Crippen LogP contribution in [0.2, 0.25) is 0 Å². The van der Waals surface area contributed by atoms with Crippen molar-refractivity contribution in [2.24, 2.45) is 10.8 Å². The summed E-state index contributed by atoms with van der Waals surface area (Å²) < 4.78 is 0. The Morgan fingerprint density at radius 2 is 1.31 bits per heavy atom. The molecule has 0 unspecified atom stereocenters. The van der Waals surface area contributed by atoms with E-state index in [1.54, 1.807) is 0 Å². The summed E-state index contributed by atoms with van der Waals surface area (Å²) in [7, 11) is 0. The molecule has 0 aromatic carbocycles. The standard InChI is InChI=1S/C13H26.C2H6.CH4/c1-5-13(6-2)9-7-8-12(3,4)10-11-13;1-2;/h5-11H2,1-4H3;1-2H3;1H4. The van der Waals surface area contributed by atoms with E-state index in [0.717, 1.165) is 0 Å². The predicted octanol–water partition coefficient (Wildman–Crippen LogP) is 6.45. The monoisotopic (exact) mass is 228 g/mol. The third-order valence-electron chi connectivity index (χ3n) is 4.39. The fraction of sp³-hybridized carbons (Fsp3) is 1.00. The molecule has 0 aromatic heterocycles. The van der Waals surface area contributed by atoms with Crippen LogP contribution in [-0.2, 0) is 0 Å². The molecule has 0 N–H and O–H groups in total. The van der Waals surface area contributed by atoms with Crippen molar-refractivity contribution < 1.29 is 0 Å². The molecule has 0 amide bonds. The molecule has 0 radical (unpaired) electrons. The fourth-order valence-electron chi connectivity index (χ4n) is 2.75. The van der Waals surface area contributed by atoms with Gasteiger partial charge in [0.15, 0.2) is 0 Å². The molecule has 0 heterocycles. The van der Waals surface area contributed by atoms with Crippen LogP contribution in [0.25, 0.3) is 0 Å². The Hall–Kier alpha value is 0. The Bertz CT molecular complexity index is 151. The van der Waals surface area contributed by atoms with Crippen molar-refractivity contribution >= 4 is 0 Å². The van der Waals surface area contributed by atoms with Gasteiger partial charge in [0.05, 0.1) is 0 Å². The molecule has 0 atom stereocenters. The van der Waals surface area contributed by atoms with Crippen LogP contribution in [0.15, 0.2) is 0 Å². The second kappa shape index (κ2) is 8.14. The number of rotatable bonds is 2. The molecule has 100 valence electrons. The molecule has 1 fully saturated rings. The molecule has 0 aromatic rings. The summed E-state index contributed by atoms with van der Waals surface area (Å²) in [4.78, 5) is 0. The maximum atomic E-state index is 2.44. The number of hydrogen-bond donors (Lipinski definition) is 0. The second-order valence-corrected chi connectivity index (χ2v) is 5.72. The molecule has 0 aliphatic heterocycles. The van der Waals surface area contributed by atoms with E-state index in [1.165, 1.54) is 44.9 Å². The van der Waals surface area contributed by atoms with Gasteiger partial charge in [-0.3, -0.25) is 0 Å². The Morgan fingerprint density at radius 1 is 0.812 bits per heavy atom. The molecule has 0 saturated heterocycles. The van der Waals surface area contributed by atoms with E-state index in [-0.39, 0.29) is 7.43 Å². The molecule has 0 bridgehead atoms. The highest BCUT2D eigenvalue weighted by Gasteiger charge is 2.32. The highest BCUT2D eigenvalue weighted by Crippen LogP contribution is 2.46. The van der Waals surface area contributed by atoms with Gasteiger partial charge in [0.2, 0.25) is 0 Å². The first-order valence-corrected chi connectivity index (χ1v) is 7.04. The van der Waals surface area contributed by atoms with Gasteiger partial charge in [-0.1, -0.05) is 68.2 Å². The first-order chi connectivity index (χ1) is 7.04. The molecule has 0 heteroatoms. The second-order valence-electron chi connectivity index (χ2n) is 5.72. The maximum Gasteiger partial charge on any atom is -0.0302 e. The van der Waals surface area contributed by atoms with Crippen molar-refractivity contribution in [1.82, 2.24) is 0 Å². The number of hydrogen-bond acceptors (Lipinski definition) is 0. The van der Waals surface area contributed by atoms with E-state index in [2.05, 4.69) is 27.7 Å². The first-order valence-electron chi connectivity index (χ1n) is 7.04. The smallest absolute Gasteiger partial charge is 0.0302 e. The van der Waals surface area contributed by atoms with Gasteiger partial charge in [-0.2, -0.15) is 0 Å². The van der Waals surface area contributed by atoms with E-state index >= 15 is 0 Å². The van der Waals surface area contributed by atoms with Crippen molar-refractivity contribution in [3.8, 4) is 0 Å². The summed E-state index contributed by atoms with van der Waals surface area (Å²) in [5, 5.41) is 0. The Kier molecular flexibility index (Phi) is 9.35. The van der Waals surface area contributed by atoms with Crippen LogP contribution in [0.1, 0.15) is 93.9 Å². The summed E-state index contributed by atoms with van der Waals surface area (Å²) in [6, 6.07) is 0. The summed E-state index contributed by atoms with van der Waals surface area (Å²) in [5.41, 5.74) is 1.32. The highest BCUT2D eigenvalue weighted by molar-refractivity contribution is 4.84. The lowest BCUT2D eigenvalue weighted by Gasteiger charge is -2.31. The molecule has 0 spiro atoms. The van der Waals surface area contributed by atoms with Crippen molar-refractivity contribution in [1.29, 1.82) is 0 Å². The van der Waals surface area contributed by atoms with Crippen LogP contribution >= 0.6 is 0 Å². The third-order valence-corrected chi connectivity index (χ3v) is 4.39. The minimum Gasteiger partial charge on any atom is -0.0776 e. The quantitative estimate of drug-likeness (QED) is 0.477. The fourth-order valence-corrected chi connectivity index (χ4v) is 2.75. The third kappa shape index (κ3) is 5.37. The lowest BCUT2D eigenvalue weighted by Crippen LogP contribution is -2.18. The van der Waals surface area contributed by atoms with Gasteiger partial charge < -0.3 is 0 Å². The average molecular weight is 228 g/mol. The Morgan fingerprint density at radius 3 is 1.75 bits per heavy atom. The van der Waals surface area contributed by atoms with Gasteiger partial charge in [-0.15, -0.1) is 0 Å². The first kappa shape index (κ1) is 18.4. The normalized spacial score (nSPS) is 22.1. The zero-order valence-electron chi connectivity index (χ0n) is 11.9. The molecule has 1 aliphatic rings. The van der Waals surface area contributed by atoms with Gasteiger partial charge in [-0.05, 0) is 36.5 Å². The van der Waals surface area contributed by atoms with Crippen molar-refractivity contribution in [2.75, 3.05) is 0 Å². The SMILES string of the molecule is C.CC.CCC1(CC)CCCC(C)(C)CC1. The van der Waals surface area contributed by atoms with E-state index in [1.807, 2.05) is 13.8 Å². The Labute approximate surface area is 105 Å². The van der Waals surface area contributed by atoms with Crippen LogP contribution in [0, 0.1) is 10.8 Å². The molecular formula is C16H36. The van der Waals surface area contributed by atoms with Gasteiger partial charge in [0.1, 0.15) is 0 Å². The summed E-state index contributed by atoms with van der Waals surface area (Å²) >= 11 is 0. The average Bonchev–Trinajstić information content (AvgIpc) is 2.41.